The lowest BCUT2D eigenvalue weighted by molar-refractivity contribution is 0.0609. The SMILES string of the molecule is CC[C@H]1CCCCN1C(=O)c1cn(CC)c(=O)c2cc(OC)c(OC)cc12. The molecule has 1 atom stereocenters. The highest BCUT2D eigenvalue weighted by atomic mass is 16.5. The first-order valence-corrected chi connectivity index (χ1v) is 9.65. The van der Waals surface area contributed by atoms with Gasteiger partial charge in [-0.25, -0.2) is 0 Å². The largest absolute Gasteiger partial charge is 0.493 e. The van der Waals surface area contributed by atoms with Crippen LogP contribution in [0.3, 0.4) is 0 Å². The van der Waals surface area contributed by atoms with E-state index in [-0.39, 0.29) is 17.5 Å². The number of benzene rings is 1. The van der Waals surface area contributed by atoms with Gasteiger partial charge in [-0.3, -0.25) is 9.59 Å². The van der Waals surface area contributed by atoms with E-state index in [1.54, 1.807) is 30.0 Å². The Hall–Kier alpha value is -2.50. The van der Waals surface area contributed by atoms with Crippen LogP contribution in [-0.2, 0) is 6.54 Å². The van der Waals surface area contributed by atoms with Crippen LogP contribution in [0.4, 0.5) is 0 Å². The molecule has 6 heteroatoms. The van der Waals surface area contributed by atoms with Crippen LogP contribution >= 0.6 is 0 Å². The average Bonchev–Trinajstić information content (AvgIpc) is 2.72. The molecule has 2 heterocycles. The molecule has 27 heavy (non-hydrogen) atoms. The number of piperidine rings is 1. The van der Waals surface area contributed by atoms with Crippen LogP contribution in [0.5, 0.6) is 11.5 Å². The molecule has 1 aromatic carbocycles. The van der Waals surface area contributed by atoms with Gasteiger partial charge in [-0.15, -0.1) is 0 Å². The lowest BCUT2D eigenvalue weighted by Crippen LogP contribution is -2.43. The Kier molecular flexibility index (Phi) is 5.73. The summed E-state index contributed by atoms with van der Waals surface area (Å²) in [5, 5.41) is 1.10. The number of rotatable bonds is 5. The molecule has 0 radical (unpaired) electrons. The Labute approximate surface area is 159 Å². The molecule has 6 nitrogen and oxygen atoms in total. The monoisotopic (exact) mass is 372 g/mol. The Morgan fingerprint density at radius 3 is 2.37 bits per heavy atom. The molecule has 1 amide bonds. The summed E-state index contributed by atoms with van der Waals surface area (Å²) in [5.74, 6) is 0.984. The third-order valence-electron chi connectivity index (χ3n) is 5.52. The summed E-state index contributed by atoms with van der Waals surface area (Å²) < 4.78 is 12.3. The number of methoxy groups -OCH3 is 2. The van der Waals surface area contributed by atoms with Gasteiger partial charge in [-0.1, -0.05) is 6.92 Å². The van der Waals surface area contributed by atoms with Crippen LogP contribution in [0.1, 0.15) is 49.9 Å². The fourth-order valence-corrected chi connectivity index (χ4v) is 3.97. The molecule has 0 saturated carbocycles. The third kappa shape index (κ3) is 3.40. The van der Waals surface area contributed by atoms with Crippen molar-refractivity contribution in [2.75, 3.05) is 20.8 Å². The second kappa shape index (κ2) is 8.03. The van der Waals surface area contributed by atoms with E-state index >= 15 is 0 Å². The van der Waals surface area contributed by atoms with E-state index in [0.717, 1.165) is 32.2 Å². The molecule has 1 aromatic heterocycles. The van der Waals surface area contributed by atoms with Crippen LogP contribution in [-0.4, -0.2) is 42.2 Å². The van der Waals surface area contributed by atoms with Crippen molar-refractivity contribution in [3.05, 3.63) is 34.2 Å². The maximum absolute atomic E-state index is 13.5. The number of aromatic nitrogens is 1. The molecular weight excluding hydrogens is 344 g/mol. The highest BCUT2D eigenvalue weighted by Gasteiger charge is 2.28. The summed E-state index contributed by atoms with van der Waals surface area (Å²) in [4.78, 5) is 28.3. The molecule has 0 N–H and O–H groups in total. The fraction of sp³-hybridized carbons (Fsp3) is 0.524. The van der Waals surface area contributed by atoms with Crippen LogP contribution in [0, 0.1) is 0 Å². The minimum Gasteiger partial charge on any atom is -0.493 e. The molecule has 0 bridgehead atoms. The minimum absolute atomic E-state index is 0.0130. The highest BCUT2D eigenvalue weighted by molar-refractivity contribution is 6.07. The maximum Gasteiger partial charge on any atom is 0.258 e. The number of nitrogens with zero attached hydrogens (tertiary/aromatic N) is 2. The van der Waals surface area contributed by atoms with E-state index < -0.39 is 0 Å². The number of pyridine rings is 1. The van der Waals surface area contributed by atoms with Gasteiger partial charge in [-0.05, 0) is 44.7 Å². The fourth-order valence-electron chi connectivity index (χ4n) is 3.97. The molecule has 2 aromatic rings. The second-order valence-electron chi connectivity index (χ2n) is 6.94. The van der Waals surface area contributed by atoms with Gasteiger partial charge in [-0.2, -0.15) is 0 Å². The molecule has 1 saturated heterocycles. The molecule has 0 aliphatic carbocycles. The first kappa shape index (κ1) is 19.3. The maximum atomic E-state index is 13.5. The molecule has 146 valence electrons. The van der Waals surface area contributed by atoms with Crippen molar-refractivity contribution >= 4 is 16.7 Å². The van der Waals surface area contributed by atoms with Gasteiger partial charge in [0.15, 0.2) is 11.5 Å². The van der Waals surface area contributed by atoms with Gasteiger partial charge in [0.1, 0.15) is 0 Å². The third-order valence-corrected chi connectivity index (χ3v) is 5.52. The van der Waals surface area contributed by atoms with Crippen molar-refractivity contribution in [2.24, 2.45) is 0 Å². The zero-order valence-electron chi connectivity index (χ0n) is 16.6. The predicted molar refractivity (Wildman–Crippen MR) is 106 cm³/mol. The Balaban J connectivity index is 2.23. The van der Waals surface area contributed by atoms with Crippen molar-refractivity contribution in [2.45, 2.75) is 52.1 Å². The number of carbonyl (C=O) groups is 1. The second-order valence-corrected chi connectivity index (χ2v) is 6.94. The smallest absolute Gasteiger partial charge is 0.258 e. The number of fused-ring (bicyclic) bond motifs is 1. The van der Waals surface area contributed by atoms with Gasteiger partial charge in [0.25, 0.3) is 11.5 Å². The topological polar surface area (TPSA) is 60.8 Å². The van der Waals surface area contributed by atoms with Crippen LogP contribution in [0.2, 0.25) is 0 Å². The van der Waals surface area contributed by atoms with Crippen molar-refractivity contribution < 1.29 is 14.3 Å². The number of aryl methyl sites for hydroxylation is 1. The summed E-state index contributed by atoms with van der Waals surface area (Å²) in [6.45, 7) is 5.28. The number of likely N-dealkylation sites (tertiary alicyclic amines) is 1. The van der Waals surface area contributed by atoms with Crippen LogP contribution in [0.15, 0.2) is 23.1 Å². The normalized spacial score (nSPS) is 17.2. The highest BCUT2D eigenvalue weighted by Crippen LogP contribution is 2.33. The number of amides is 1. The minimum atomic E-state index is -0.129. The molecule has 3 rings (SSSR count). The summed E-state index contributed by atoms with van der Waals surface area (Å²) in [5.41, 5.74) is 0.420. The van der Waals surface area contributed by atoms with E-state index in [1.165, 1.54) is 7.11 Å². The average molecular weight is 372 g/mol. The zero-order valence-corrected chi connectivity index (χ0v) is 16.6. The zero-order chi connectivity index (χ0) is 19.6. The first-order chi connectivity index (χ1) is 13.0. The van der Waals surface area contributed by atoms with Crippen molar-refractivity contribution in [3.8, 4) is 11.5 Å². The molecule has 0 unspecified atom stereocenters. The number of hydrogen-bond donors (Lipinski definition) is 0. The van der Waals surface area contributed by atoms with E-state index in [4.69, 9.17) is 9.47 Å². The van der Waals surface area contributed by atoms with Crippen molar-refractivity contribution in [1.82, 2.24) is 9.47 Å². The summed E-state index contributed by atoms with van der Waals surface area (Å²) in [7, 11) is 3.09. The van der Waals surface area contributed by atoms with Crippen molar-refractivity contribution in [3.63, 3.8) is 0 Å². The Bertz CT molecular complexity index is 903. The predicted octanol–water partition coefficient (Wildman–Crippen LogP) is 3.44. The van der Waals surface area contributed by atoms with Gasteiger partial charge < -0.3 is 18.9 Å². The number of hydrogen-bond acceptors (Lipinski definition) is 4. The number of ether oxygens (including phenoxy) is 2. The first-order valence-electron chi connectivity index (χ1n) is 9.65. The quantitative estimate of drug-likeness (QED) is 0.807. The Morgan fingerprint density at radius 1 is 1.11 bits per heavy atom. The lowest BCUT2D eigenvalue weighted by atomic mass is 9.97. The molecule has 1 aliphatic heterocycles. The van der Waals surface area contributed by atoms with Crippen LogP contribution in [0.25, 0.3) is 10.8 Å². The van der Waals surface area contributed by atoms with E-state index in [9.17, 15) is 9.59 Å². The Morgan fingerprint density at radius 2 is 1.78 bits per heavy atom. The molecular formula is C21H28N2O4. The lowest BCUT2D eigenvalue weighted by Gasteiger charge is -2.35. The van der Waals surface area contributed by atoms with E-state index in [0.29, 0.717) is 34.4 Å². The summed E-state index contributed by atoms with van der Waals surface area (Å²) in [6, 6.07) is 3.67. The van der Waals surface area contributed by atoms with Gasteiger partial charge in [0.2, 0.25) is 0 Å². The summed E-state index contributed by atoms with van der Waals surface area (Å²) in [6.07, 6.45) is 5.84. The van der Waals surface area contributed by atoms with Crippen molar-refractivity contribution in [1.29, 1.82) is 0 Å². The van der Waals surface area contributed by atoms with Crippen LogP contribution < -0.4 is 15.0 Å². The molecule has 1 aliphatic rings. The van der Waals surface area contributed by atoms with Gasteiger partial charge in [0, 0.05) is 30.7 Å². The number of carbonyl (C=O) groups excluding carboxylic acids is 1. The standard InChI is InChI=1S/C21H28N2O4/c1-5-14-9-7-8-10-23(14)21(25)17-13-22(6-2)20(24)16-12-19(27-4)18(26-3)11-15(16)17/h11-14H,5-10H2,1-4H3/t14-/m0/s1. The molecule has 1 fully saturated rings. The van der Waals surface area contributed by atoms with Gasteiger partial charge >= 0.3 is 0 Å². The summed E-state index contributed by atoms with van der Waals surface area (Å²) >= 11 is 0. The van der Waals surface area contributed by atoms with E-state index in [1.807, 2.05) is 11.8 Å². The van der Waals surface area contributed by atoms with E-state index in [2.05, 4.69) is 6.92 Å². The molecule has 0 spiro atoms. The van der Waals surface area contributed by atoms with Gasteiger partial charge in [0.05, 0.1) is 25.2 Å².